The van der Waals surface area contributed by atoms with E-state index in [4.69, 9.17) is 15.2 Å². The average molecular weight is 379 g/mol. The summed E-state index contributed by atoms with van der Waals surface area (Å²) in [5, 5.41) is 0.229. The van der Waals surface area contributed by atoms with Crippen molar-refractivity contribution in [3.05, 3.63) is 48.5 Å². The lowest BCUT2D eigenvalue weighted by molar-refractivity contribution is -0.132. The average Bonchev–Trinajstić information content (AvgIpc) is 3.40. The Bertz CT molecular complexity index is 844. The molecule has 0 radical (unpaired) electrons. The summed E-state index contributed by atoms with van der Waals surface area (Å²) in [5.41, 5.74) is 5.18. The van der Waals surface area contributed by atoms with Gasteiger partial charge in [-0.25, -0.2) is 8.42 Å². The highest BCUT2D eigenvalue weighted by Gasteiger charge is 2.29. The van der Waals surface area contributed by atoms with E-state index < -0.39 is 15.8 Å². The number of carbonyl (C=O) groups excluding carboxylic acids is 1. The molecule has 0 aromatic heterocycles. The lowest BCUT2D eigenvalue weighted by Crippen LogP contribution is -2.19. The van der Waals surface area contributed by atoms with Gasteiger partial charge in [-0.15, -0.1) is 0 Å². The zero-order chi connectivity index (χ0) is 17.9. The van der Waals surface area contributed by atoms with Crippen LogP contribution >= 0.6 is 11.8 Å². The van der Waals surface area contributed by atoms with Crippen molar-refractivity contribution in [3.8, 4) is 17.2 Å². The molecule has 25 heavy (non-hydrogen) atoms. The van der Waals surface area contributed by atoms with E-state index in [1.807, 2.05) is 0 Å². The van der Waals surface area contributed by atoms with Crippen LogP contribution in [0.4, 0.5) is 0 Å². The van der Waals surface area contributed by atoms with E-state index in [0.29, 0.717) is 22.1 Å². The van der Waals surface area contributed by atoms with Crippen LogP contribution in [0.3, 0.4) is 0 Å². The van der Waals surface area contributed by atoms with Gasteiger partial charge < -0.3 is 15.2 Å². The second kappa shape index (κ2) is 7.47. The van der Waals surface area contributed by atoms with Crippen LogP contribution < -0.4 is 15.2 Å². The van der Waals surface area contributed by atoms with Crippen molar-refractivity contribution in [1.29, 1.82) is 0 Å². The van der Waals surface area contributed by atoms with Gasteiger partial charge in [-0.2, -0.15) is 11.8 Å². The molecule has 2 aromatic rings. The Morgan fingerprint density at radius 3 is 2.08 bits per heavy atom. The standard InChI is InChI=1S/C17H17NO5S2/c18-9-17(19)23-14-3-1-12(2-4-14)22-13-5-7-16(8-6-13)25(20,21)11-15-10-24-15/h1-8,15H,9-11,18H2. The molecule has 1 aliphatic rings. The van der Waals surface area contributed by atoms with Crippen LogP contribution in [0.25, 0.3) is 0 Å². The van der Waals surface area contributed by atoms with Crippen molar-refractivity contribution < 1.29 is 22.7 Å². The number of rotatable bonds is 7. The molecule has 6 nitrogen and oxygen atoms in total. The SMILES string of the molecule is NCC(=O)Oc1ccc(Oc2ccc(S(=O)(=O)CC3CS3)cc2)cc1. The summed E-state index contributed by atoms with van der Waals surface area (Å²) < 4.78 is 35.0. The third-order valence-corrected chi connectivity index (χ3v) is 6.46. The maximum atomic E-state index is 12.2. The van der Waals surface area contributed by atoms with E-state index in [2.05, 4.69) is 0 Å². The van der Waals surface area contributed by atoms with Crippen molar-refractivity contribution >= 4 is 27.6 Å². The molecule has 3 rings (SSSR count). The Labute approximate surface area is 150 Å². The van der Waals surface area contributed by atoms with Crippen molar-refractivity contribution in [2.45, 2.75) is 10.1 Å². The normalized spacial score (nSPS) is 16.3. The predicted molar refractivity (Wildman–Crippen MR) is 95.9 cm³/mol. The Balaban J connectivity index is 1.64. The first-order valence-corrected chi connectivity index (χ1v) is 10.3. The second-order valence-corrected chi connectivity index (χ2v) is 8.83. The Kier molecular flexibility index (Phi) is 5.31. The van der Waals surface area contributed by atoms with Gasteiger partial charge in [0.2, 0.25) is 0 Å². The first-order valence-electron chi connectivity index (χ1n) is 7.59. The minimum Gasteiger partial charge on any atom is -0.457 e. The molecule has 132 valence electrons. The van der Waals surface area contributed by atoms with Gasteiger partial charge in [-0.3, -0.25) is 4.79 Å². The summed E-state index contributed by atoms with van der Waals surface area (Å²) in [7, 11) is -3.24. The van der Waals surface area contributed by atoms with E-state index in [0.717, 1.165) is 5.75 Å². The molecule has 0 saturated carbocycles. The monoisotopic (exact) mass is 379 g/mol. The lowest BCUT2D eigenvalue weighted by atomic mass is 10.3. The molecule has 1 saturated heterocycles. The van der Waals surface area contributed by atoms with Gasteiger partial charge in [-0.05, 0) is 48.5 Å². The Hall–Kier alpha value is -2.03. The third kappa shape index (κ3) is 4.97. The first-order chi connectivity index (χ1) is 12.0. The van der Waals surface area contributed by atoms with Crippen molar-refractivity contribution in [3.63, 3.8) is 0 Å². The third-order valence-electron chi connectivity index (χ3n) is 3.45. The maximum absolute atomic E-state index is 12.2. The molecule has 0 amide bonds. The van der Waals surface area contributed by atoms with Crippen LogP contribution in [0, 0.1) is 0 Å². The zero-order valence-corrected chi connectivity index (χ0v) is 14.9. The van der Waals surface area contributed by atoms with Crippen molar-refractivity contribution in [1.82, 2.24) is 0 Å². The van der Waals surface area contributed by atoms with Crippen LogP contribution in [-0.2, 0) is 14.6 Å². The van der Waals surface area contributed by atoms with Crippen LogP contribution in [0.5, 0.6) is 17.2 Å². The molecule has 1 unspecified atom stereocenters. The molecule has 0 bridgehead atoms. The second-order valence-electron chi connectivity index (χ2n) is 5.46. The van der Waals surface area contributed by atoms with Gasteiger partial charge in [0.15, 0.2) is 9.84 Å². The van der Waals surface area contributed by atoms with Gasteiger partial charge >= 0.3 is 5.97 Å². The summed E-state index contributed by atoms with van der Waals surface area (Å²) in [5.74, 6) is 2.01. The number of thioether (sulfide) groups is 1. The van der Waals surface area contributed by atoms with Crippen molar-refractivity contribution in [2.24, 2.45) is 5.73 Å². The molecule has 1 atom stereocenters. The predicted octanol–water partition coefficient (Wildman–Crippen LogP) is 2.23. The summed E-state index contributed by atoms with van der Waals surface area (Å²) in [4.78, 5) is 11.4. The number of nitrogens with two attached hydrogens (primary N) is 1. The number of benzene rings is 2. The van der Waals surface area contributed by atoms with E-state index in [1.54, 1.807) is 60.3 Å². The highest BCUT2D eigenvalue weighted by Crippen LogP contribution is 2.33. The summed E-state index contributed by atoms with van der Waals surface area (Å²) in [6, 6.07) is 12.8. The smallest absolute Gasteiger partial charge is 0.325 e. The molecule has 0 aliphatic carbocycles. The number of hydrogen-bond acceptors (Lipinski definition) is 7. The largest absolute Gasteiger partial charge is 0.457 e. The summed E-state index contributed by atoms with van der Waals surface area (Å²) in [6.07, 6.45) is 0. The molecular weight excluding hydrogens is 362 g/mol. The van der Waals surface area contributed by atoms with Crippen LogP contribution in [0.1, 0.15) is 0 Å². The minimum absolute atomic E-state index is 0.181. The molecule has 1 heterocycles. The molecule has 1 fully saturated rings. The Morgan fingerprint density at radius 1 is 1.04 bits per heavy atom. The highest BCUT2D eigenvalue weighted by molar-refractivity contribution is 8.08. The molecule has 0 spiro atoms. The summed E-state index contributed by atoms with van der Waals surface area (Å²) in [6.45, 7) is -0.188. The number of hydrogen-bond donors (Lipinski definition) is 1. The quantitative estimate of drug-likeness (QED) is 0.448. The number of ether oxygens (including phenoxy) is 2. The highest BCUT2D eigenvalue weighted by atomic mass is 32.2. The van der Waals surface area contributed by atoms with Crippen LogP contribution in [0.2, 0.25) is 0 Å². The number of esters is 1. The van der Waals surface area contributed by atoms with E-state index in [-0.39, 0.29) is 17.5 Å². The lowest BCUT2D eigenvalue weighted by Gasteiger charge is -2.08. The van der Waals surface area contributed by atoms with Gasteiger partial charge in [0.25, 0.3) is 0 Å². The molecule has 8 heteroatoms. The number of carbonyl (C=O) groups is 1. The zero-order valence-electron chi connectivity index (χ0n) is 13.3. The topological polar surface area (TPSA) is 95.7 Å². The van der Waals surface area contributed by atoms with E-state index >= 15 is 0 Å². The summed E-state index contributed by atoms with van der Waals surface area (Å²) >= 11 is 1.66. The fraction of sp³-hybridized carbons (Fsp3) is 0.235. The van der Waals surface area contributed by atoms with Gasteiger partial charge in [0, 0.05) is 11.0 Å². The molecule has 2 aromatic carbocycles. The van der Waals surface area contributed by atoms with Crippen LogP contribution in [0.15, 0.2) is 53.4 Å². The van der Waals surface area contributed by atoms with Crippen molar-refractivity contribution in [2.75, 3.05) is 18.1 Å². The molecule has 2 N–H and O–H groups in total. The molecular formula is C17H17NO5S2. The van der Waals surface area contributed by atoms with E-state index in [9.17, 15) is 13.2 Å². The Morgan fingerprint density at radius 2 is 1.56 bits per heavy atom. The van der Waals surface area contributed by atoms with Crippen LogP contribution in [-0.4, -0.2) is 37.7 Å². The first kappa shape index (κ1) is 17.8. The molecule has 1 aliphatic heterocycles. The van der Waals surface area contributed by atoms with E-state index in [1.165, 1.54) is 0 Å². The maximum Gasteiger partial charge on any atom is 0.325 e. The van der Waals surface area contributed by atoms with Gasteiger partial charge in [-0.1, -0.05) is 0 Å². The number of sulfone groups is 1. The fourth-order valence-electron chi connectivity index (χ4n) is 2.11. The van der Waals surface area contributed by atoms with Gasteiger partial charge in [0.1, 0.15) is 17.2 Å². The van der Waals surface area contributed by atoms with Gasteiger partial charge in [0.05, 0.1) is 17.2 Å². The fourth-order valence-corrected chi connectivity index (χ4v) is 4.78. The minimum atomic E-state index is -3.24.